The van der Waals surface area contributed by atoms with Gasteiger partial charge in [0.15, 0.2) is 0 Å². The van der Waals surface area contributed by atoms with E-state index >= 15 is 0 Å². The largest absolute Gasteiger partial charge is 0.367 e. The Morgan fingerprint density at radius 1 is 1.42 bits per heavy atom. The number of hydrogen-bond acceptors (Lipinski definition) is 5. The van der Waals surface area contributed by atoms with Gasteiger partial charge in [-0.1, -0.05) is 5.16 Å². The van der Waals surface area contributed by atoms with Gasteiger partial charge in [0.1, 0.15) is 5.60 Å². The second-order valence-electron chi connectivity index (χ2n) is 5.37. The molecule has 0 aromatic carbocycles. The number of aryl methyl sites for hydroxylation is 1. The summed E-state index contributed by atoms with van der Waals surface area (Å²) in [6, 6.07) is 0.461. The fraction of sp³-hybridized carbons (Fsp3) is 0.857. The monoisotopic (exact) mass is 267 g/mol. The van der Waals surface area contributed by atoms with Crippen molar-refractivity contribution in [1.82, 2.24) is 15.5 Å². The first-order valence-corrected chi connectivity index (χ1v) is 7.34. The molecule has 108 valence electrons. The van der Waals surface area contributed by atoms with Crippen LogP contribution in [0, 0.1) is 0 Å². The third-order valence-electron chi connectivity index (χ3n) is 3.99. The Labute approximate surface area is 115 Å². The van der Waals surface area contributed by atoms with E-state index in [2.05, 4.69) is 22.4 Å². The molecular formula is C14H25N3O2. The van der Waals surface area contributed by atoms with Crippen LogP contribution in [0.3, 0.4) is 0 Å². The maximum atomic E-state index is 5.94. The Kier molecular flexibility index (Phi) is 4.93. The number of aromatic nitrogens is 2. The van der Waals surface area contributed by atoms with Crippen molar-refractivity contribution in [2.75, 3.05) is 13.7 Å². The van der Waals surface area contributed by atoms with Gasteiger partial charge >= 0.3 is 0 Å². The lowest BCUT2D eigenvalue weighted by molar-refractivity contribution is -0.0469. The van der Waals surface area contributed by atoms with Crippen LogP contribution in [0.4, 0.5) is 0 Å². The van der Waals surface area contributed by atoms with Crippen molar-refractivity contribution in [1.29, 1.82) is 0 Å². The summed E-state index contributed by atoms with van der Waals surface area (Å²) in [6.07, 6.45) is 6.19. The van der Waals surface area contributed by atoms with Gasteiger partial charge in [0.2, 0.25) is 11.7 Å². The van der Waals surface area contributed by atoms with Crippen molar-refractivity contribution >= 4 is 0 Å². The molecule has 1 unspecified atom stereocenters. The molecule has 0 spiro atoms. The van der Waals surface area contributed by atoms with Crippen molar-refractivity contribution in [2.45, 2.75) is 64.0 Å². The highest BCUT2D eigenvalue weighted by molar-refractivity contribution is 5.04. The first kappa shape index (κ1) is 14.5. The summed E-state index contributed by atoms with van der Waals surface area (Å²) in [6.45, 7) is 4.87. The Morgan fingerprint density at radius 3 is 2.79 bits per heavy atom. The topological polar surface area (TPSA) is 60.2 Å². The van der Waals surface area contributed by atoms with Crippen LogP contribution >= 0.6 is 0 Å². The molecule has 1 saturated carbocycles. The van der Waals surface area contributed by atoms with Gasteiger partial charge in [-0.15, -0.1) is 0 Å². The molecular weight excluding hydrogens is 242 g/mol. The maximum Gasteiger partial charge on any atom is 0.226 e. The third kappa shape index (κ3) is 3.34. The molecule has 19 heavy (non-hydrogen) atoms. The molecule has 1 atom stereocenters. The van der Waals surface area contributed by atoms with E-state index in [1.807, 2.05) is 14.0 Å². The van der Waals surface area contributed by atoms with E-state index in [0.717, 1.165) is 37.4 Å². The minimum Gasteiger partial charge on any atom is -0.367 e. The number of hydrogen-bond donors (Lipinski definition) is 1. The zero-order valence-corrected chi connectivity index (χ0v) is 12.2. The van der Waals surface area contributed by atoms with Crippen LogP contribution in [0.2, 0.25) is 0 Å². The van der Waals surface area contributed by atoms with Crippen LogP contribution < -0.4 is 5.32 Å². The van der Waals surface area contributed by atoms with Gasteiger partial charge in [0.25, 0.3) is 0 Å². The fourth-order valence-corrected chi connectivity index (χ4v) is 2.68. The molecule has 2 rings (SSSR count). The Balaban J connectivity index is 2.02. The van der Waals surface area contributed by atoms with Crippen molar-refractivity contribution in [3.8, 4) is 0 Å². The van der Waals surface area contributed by atoms with Gasteiger partial charge in [-0.3, -0.25) is 0 Å². The standard InChI is InChI=1S/C14H25N3O2/c1-4-18-14(9-5-6-10-14)13-16-12(19-17-13)8-7-11(2)15-3/h11,15H,4-10H2,1-3H3. The van der Waals surface area contributed by atoms with Crippen molar-refractivity contribution in [2.24, 2.45) is 0 Å². The van der Waals surface area contributed by atoms with E-state index in [9.17, 15) is 0 Å². The van der Waals surface area contributed by atoms with Gasteiger partial charge in [-0.2, -0.15) is 4.98 Å². The minimum atomic E-state index is -0.287. The van der Waals surface area contributed by atoms with Crippen LogP contribution in [0.5, 0.6) is 0 Å². The molecule has 1 heterocycles. The van der Waals surface area contributed by atoms with Crippen LogP contribution in [0.15, 0.2) is 4.52 Å². The van der Waals surface area contributed by atoms with E-state index < -0.39 is 0 Å². The molecule has 1 aromatic heterocycles. The Morgan fingerprint density at radius 2 is 2.16 bits per heavy atom. The van der Waals surface area contributed by atoms with Gasteiger partial charge in [0.05, 0.1) is 0 Å². The first-order chi connectivity index (χ1) is 9.20. The summed E-state index contributed by atoms with van der Waals surface area (Å²) in [5, 5.41) is 7.37. The predicted octanol–water partition coefficient (Wildman–Crippen LogP) is 2.42. The summed E-state index contributed by atoms with van der Waals surface area (Å²) in [4.78, 5) is 4.56. The molecule has 0 radical (unpaired) electrons. The predicted molar refractivity (Wildman–Crippen MR) is 72.9 cm³/mol. The molecule has 0 amide bonds. The Bertz CT molecular complexity index is 386. The Hall–Kier alpha value is -0.940. The van der Waals surface area contributed by atoms with Crippen LogP contribution in [-0.4, -0.2) is 29.8 Å². The molecule has 1 fully saturated rings. The molecule has 0 bridgehead atoms. The van der Waals surface area contributed by atoms with Crippen LogP contribution in [0.1, 0.15) is 57.7 Å². The zero-order valence-electron chi connectivity index (χ0n) is 12.2. The van der Waals surface area contributed by atoms with Crippen molar-refractivity contribution in [3.63, 3.8) is 0 Å². The lowest BCUT2D eigenvalue weighted by Crippen LogP contribution is -2.27. The van der Waals surface area contributed by atoms with E-state index in [1.165, 1.54) is 12.8 Å². The molecule has 0 saturated heterocycles. The van der Waals surface area contributed by atoms with Crippen LogP contribution in [-0.2, 0) is 16.8 Å². The molecule has 1 aliphatic carbocycles. The summed E-state index contributed by atoms with van der Waals surface area (Å²) < 4.78 is 11.3. The SMILES string of the molecule is CCOC1(c2noc(CCC(C)NC)n2)CCCC1. The molecule has 0 aliphatic heterocycles. The van der Waals surface area contributed by atoms with Crippen molar-refractivity contribution in [3.05, 3.63) is 11.7 Å². The molecule has 5 heteroatoms. The number of ether oxygens (including phenoxy) is 1. The van der Waals surface area contributed by atoms with Gasteiger partial charge in [0, 0.05) is 19.1 Å². The van der Waals surface area contributed by atoms with E-state index in [0.29, 0.717) is 12.6 Å². The van der Waals surface area contributed by atoms with Crippen LogP contribution in [0.25, 0.3) is 0 Å². The highest BCUT2D eigenvalue weighted by atomic mass is 16.5. The molecule has 1 aliphatic rings. The summed E-state index contributed by atoms with van der Waals surface area (Å²) >= 11 is 0. The van der Waals surface area contributed by atoms with Crippen molar-refractivity contribution < 1.29 is 9.26 Å². The average molecular weight is 267 g/mol. The third-order valence-corrected chi connectivity index (χ3v) is 3.99. The quantitative estimate of drug-likeness (QED) is 0.822. The van der Waals surface area contributed by atoms with E-state index in [1.54, 1.807) is 0 Å². The summed E-state index contributed by atoms with van der Waals surface area (Å²) in [5.74, 6) is 1.47. The second kappa shape index (κ2) is 6.48. The first-order valence-electron chi connectivity index (χ1n) is 7.34. The highest BCUT2D eigenvalue weighted by Gasteiger charge is 2.40. The molecule has 1 N–H and O–H groups in total. The summed E-state index contributed by atoms with van der Waals surface area (Å²) in [5.41, 5.74) is -0.287. The highest BCUT2D eigenvalue weighted by Crippen LogP contribution is 2.40. The van der Waals surface area contributed by atoms with Gasteiger partial charge < -0.3 is 14.6 Å². The fourth-order valence-electron chi connectivity index (χ4n) is 2.68. The maximum absolute atomic E-state index is 5.94. The number of nitrogens with zero attached hydrogens (tertiary/aromatic N) is 2. The van der Waals surface area contributed by atoms with E-state index in [4.69, 9.17) is 9.26 Å². The minimum absolute atomic E-state index is 0.287. The lowest BCUT2D eigenvalue weighted by Gasteiger charge is -2.24. The zero-order chi connectivity index (χ0) is 13.7. The summed E-state index contributed by atoms with van der Waals surface area (Å²) in [7, 11) is 1.96. The van der Waals surface area contributed by atoms with Gasteiger partial charge in [-0.05, 0) is 53.0 Å². The smallest absolute Gasteiger partial charge is 0.226 e. The number of nitrogens with one attached hydrogen (secondary N) is 1. The average Bonchev–Trinajstić information content (AvgIpc) is 3.05. The second-order valence-corrected chi connectivity index (χ2v) is 5.37. The molecule has 1 aromatic rings. The van der Waals surface area contributed by atoms with Gasteiger partial charge in [-0.25, -0.2) is 0 Å². The normalized spacial score (nSPS) is 19.7. The lowest BCUT2D eigenvalue weighted by atomic mass is 10.0. The molecule has 5 nitrogen and oxygen atoms in total. The number of rotatable bonds is 7. The van der Waals surface area contributed by atoms with E-state index in [-0.39, 0.29) is 5.60 Å².